The average Bonchev–Trinajstić information content (AvgIpc) is 3.01. The predicted molar refractivity (Wildman–Crippen MR) is 81.0 cm³/mol. The summed E-state index contributed by atoms with van der Waals surface area (Å²) in [6.45, 7) is 3.04. The minimum Gasteiger partial charge on any atom is -0.494 e. The third-order valence-corrected chi connectivity index (χ3v) is 3.59. The Morgan fingerprint density at radius 1 is 1.41 bits per heavy atom. The molecule has 0 aromatic heterocycles. The molecule has 1 fully saturated rings. The van der Waals surface area contributed by atoms with Crippen LogP contribution in [0.25, 0.3) is 0 Å². The first kappa shape index (κ1) is 16.3. The second kappa shape index (κ2) is 7.79. The number of anilines is 1. The fraction of sp³-hybridized carbons (Fsp3) is 0.500. The number of carboxylic acids is 1. The first-order valence-electron chi connectivity index (χ1n) is 7.47. The van der Waals surface area contributed by atoms with E-state index >= 15 is 0 Å². The Hall–Kier alpha value is -2.08. The summed E-state index contributed by atoms with van der Waals surface area (Å²) in [6.07, 6.45) is 1.07. The van der Waals surface area contributed by atoms with Crippen molar-refractivity contribution in [3.8, 4) is 5.75 Å². The number of ether oxygens (including phenoxy) is 2. The lowest BCUT2D eigenvalue weighted by Gasteiger charge is -2.18. The van der Waals surface area contributed by atoms with Gasteiger partial charge in [-0.15, -0.1) is 0 Å². The predicted octanol–water partition coefficient (Wildman–Crippen LogP) is 2.29. The second-order valence-corrected chi connectivity index (χ2v) is 5.21. The van der Waals surface area contributed by atoms with E-state index in [0.29, 0.717) is 25.3 Å². The maximum absolute atomic E-state index is 12.0. The number of hydrogen-bond donors (Lipinski definition) is 2. The number of amides is 1. The maximum Gasteiger partial charge on any atom is 0.309 e. The van der Waals surface area contributed by atoms with E-state index in [1.807, 2.05) is 6.92 Å². The lowest BCUT2D eigenvalue weighted by atomic mass is 9.96. The monoisotopic (exact) mass is 307 g/mol. The van der Waals surface area contributed by atoms with E-state index in [0.717, 1.165) is 12.2 Å². The molecule has 2 rings (SSSR count). The smallest absolute Gasteiger partial charge is 0.309 e. The Labute approximate surface area is 129 Å². The lowest BCUT2D eigenvalue weighted by Crippen LogP contribution is -2.31. The Balaban J connectivity index is 1.91. The van der Waals surface area contributed by atoms with Crippen LogP contribution in [0.3, 0.4) is 0 Å². The normalized spacial score (nSPS) is 18.7. The number of carbonyl (C=O) groups is 2. The Bertz CT molecular complexity index is 508. The van der Waals surface area contributed by atoms with E-state index in [-0.39, 0.29) is 18.4 Å². The summed E-state index contributed by atoms with van der Waals surface area (Å²) in [4.78, 5) is 23.3. The zero-order valence-electron chi connectivity index (χ0n) is 12.6. The molecular weight excluding hydrogens is 286 g/mol. The molecule has 0 radical (unpaired) electrons. The highest BCUT2D eigenvalue weighted by Gasteiger charge is 2.33. The van der Waals surface area contributed by atoms with Gasteiger partial charge in [0.25, 0.3) is 0 Å². The minimum atomic E-state index is -0.992. The SMILES string of the molecule is CCOc1ccc(NC(=O)C[C@H](C(=O)O)[C@H]2CCCO2)cc1. The number of carboxylic acid groups (broad SMARTS) is 1. The molecule has 2 N–H and O–H groups in total. The van der Waals surface area contributed by atoms with Gasteiger partial charge in [0.1, 0.15) is 5.75 Å². The van der Waals surface area contributed by atoms with Crippen LogP contribution in [-0.2, 0) is 14.3 Å². The zero-order valence-corrected chi connectivity index (χ0v) is 12.6. The third kappa shape index (κ3) is 4.46. The molecule has 22 heavy (non-hydrogen) atoms. The molecule has 1 aliphatic heterocycles. The van der Waals surface area contributed by atoms with Gasteiger partial charge in [-0.3, -0.25) is 9.59 Å². The van der Waals surface area contributed by atoms with Crippen LogP contribution in [0.4, 0.5) is 5.69 Å². The Kier molecular flexibility index (Phi) is 5.77. The van der Waals surface area contributed by atoms with Crippen LogP contribution < -0.4 is 10.1 Å². The number of rotatable bonds is 7. The summed E-state index contributed by atoms with van der Waals surface area (Å²) < 4.78 is 10.7. The van der Waals surface area contributed by atoms with Crippen molar-refractivity contribution in [2.75, 3.05) is 18.5 Å². The van der Waals surface area contributed by atoms with Crippen molar-refractivity contribution in [2.24, 2.45) is 5.92 Å². The molecule has 0 unspecified atom stereocenters. The second-order valence-electron chi connectivity index (χ2n) is 5.21. The summed E-state index contributed by atoms with van der Waals surface area (Å²) in [5.41, 5.74) is 0.616. The molecule has 6 nitrogen and oxygen atoms in total. The molecule has 0 spiro atoms. The number of aliphatic carboxylic acids is 1. The fourth-order valence-electron chi connectivity index (χ4n) is 2.51. The fourth-order valence-corrected chi connectivity index (χ4v) is 2.51. The molecule has 1 aromatic carbocycles. The van der Waals surface area contributed by atoms with Crippen molar-refractivity contribution in [1.82, 2.24) is 0 Å². The van der Waals surface area contributed by atoms with E-state index < -0.39 is 11.9 Å². The van der Waals surface area contributed by atoms with Gasteiger partial charge in [-0.1, -0.05) is 0 Å². The van der Waals surface area contributed by atoms with E-state index in [2.05, 4.69) is 5.32 Å². The largest absolute Gasteiger partial charge is 0.494 e. The summed E-state index contributed by atoms with van der Waals surface area (Å²) >= 11 is 0. The zero-order chi connectivity index (χ0) is 15.9. The van der Waals surface area contributed by atoms with E-state index in [1.165, 1.54) is 0 Å². The van der Waals surface area contributed by atoms with Crippen molar-refractivity contribution in [1.29, 1.82) is 0 Å². The molecule has 1 aliphatic rings. The van der Waals surface area contributed by atoms with Gasteiger partial charge in [0, 0.05) is 18.7 Å². The van der Waals surface area contributed by atoms with Gasteiger partial charge < -0.3 is 19.9 Å². The van der Waals surface area contributed by atoms with Gasteiger partial charge in [-0.05, 0) is 44.0 Å². The number of hydrogen-bond acceptors (Lipinski definition) is 4. The van der Waals surface area contributed by atoms with Crippen LogP contribution in [0.1, 0.15) is 26.2 Å². The summed E-state index contributed by atoms with van der Waals surface area (Å²) in [7, 11) is 0. The van der Waals surface area contributed by atoms with E-state index in [9.17, 15) is 14.7 Å². The molecule has 1 saturated heterocycles. The maximum atomic E-state index is 12.0. The summed E-state index contributed by atoms with van der Waals surface area (Å²) in [5, 5.41) is 12.0. The first-order valence-corrected chi connectivity index (χ1v) is 7.47. The third-order valence-electron chi connectivity index (χ3n) is 3.59. The van der Waals surface area contributed by atoms with Gasteiger partial charge in [0.05, 0.1) is 18.6 Å². The molecule has 0 bridgehead atoms. The van der Waals surface area contributed by atoms with Crippen molar-refractivity contribution in [3.05, 3.63) is 24.3 Å². The molecule has 0 saturated carbocycles. The summed E-state index contributed by atoms with van der Waals surface area (Å²) in [6, 6.07) is 6.97. The molecule has 6 heteroatoms. The molecule has 2 atom stereocenters. The van der Waals surface area contributed by atoms with Gasteiger partial charge in [0.15, 0.2) is 0 Å². The van der Waals surface area contributed by atoms with Crippen molar-refractivity contribution in [2.45, 2.75) is 32.3 Å². The first-order chi connectivity index (χ1) is 10.6. The van der Waals surface area contributed by atoms with Crippen LogP contribution in [0.2, 0.25) is 0 Å². The highest BCUT2D eigenvalue weighted by molar-refractivity contribution is 5.93. The van der Waals surface area contributed by atoms with Crippen LogP contribution in [0, 0.1) is 5.92 Å². The van der Waals surface area contributed by atoms with E-state index in [4.69, 9.17) is 9.47 Å². The summed E-state index contributed by atoms with van der Waals surface area (Å²) in [5.74, 6) is -1.39. The topological polar surface area (TPSA) is 84.9 Å². The molecular formula is C16H21NO5. The van der Waals surface area contributed by atoms with Crippen LogP contribution in [-0.4, -0.2) is 36.3 Å². The van der Waals surface area contributed by atoms with Gasteiger partial charge in [-0.2, -0.15) is 0 Å². The molecule has 1 heterocycles. The number of carbonyl (C=O) groups excluding carboxylic acids is 1. The highest BCUT2D eigenvalue weighted by Crippen LogP contribution is 2.24. The quantitative estimate of drug-likeness (QED) is 0.807. The van der Waals surface area contributed by atoms with Gasteiger partial charge in [0.2, 0.25) is 5.91 Å². The number of benzene rings is 1. The Morgan fingerprint density at radius 3 is 2.68 bits per heavy atom. The standard InChI is InChI=1S/C16H21NO5/c1-2-21-12-7-5-11(6-8-12)17-15(18)10-13(16(19)20)14-4-3-9-22-14/h5-8,13-14H,2-4,9-10H2,1H3,(H,17,18)(H,19,20)/t13-,14+/m0/s1. The van der Waals surface area contributed by atoms with Crippen LogP contribution >= 0.6 is 0 Å². The van der Waals surface area contributed by atoms with Gasteiger partial charge >= 0.3 is 5.97 Å². The molecule has 0 aliphatic carbocycles. The minimum absolute atomic E-state index is 0.0901. The van der Waals surface area contributed by atoms with Crippen molar-refractivity contribution in [3.63, 3.8) is 0 Å². The van der Waals surface area contributed by atoms with E-state index in [1.54, 1.807) is 24.3 Å². The Morgan fingerprint density at radius 2 is 2.14 bits per heavy atom. The molecule has 1 amide bonds. The average molecular weight is 307 g/mol. The highest BCUT2D eigenvalue weighted by atomic mass is 16.5. The van der Waals surface area contributed by atoms with Crippen LogP contribution in [0.15, 0.2) is 24.3 Å². The van der Waals surface area contributed by atoms with Gasteiger partial charge in [-0.25, -0.2) is 0 Å². The molecule has 1 aromatic rings. The van der Waals surface area contributed by atoms with Crippen molar-refractivity contribution >= 4 is 17.6 Å². The van der Waals surface area contributed by atoms with Crippen molar-refractivity contribution < 1.29 is 24.2 Å². The molecule has 120 valence electrons. The lowest BCUT2D eigenvalue weighted by molar-refractivity contribution is -0.148. The number of nitrogens with one attached hydrogen (secondary N) is 1. The van der Waals surface area contributed by atoms with Crippen LogP contribution in [0.5, 0.6) is 5.75 Å².